The first kappa shape index (κ1) is 15.4. The number of morpholine rings is 1. The molecule has 1 atom stereocenters. The van der Waals surface area contributed by atoms with E-state index in [-0.39, 0.29) is 6.10 Å². The van der Waals surface area contributed by atoms with E-state index in [4.69, 9.17) is 9.47 Å². The van der Waals surface area contributed by atoms with Crippen LogP contribution in [0.4, 0.5) is 0 Å². The molecule has 4 rings (SSSR count). The number of hydrogen-bond acceptors (Lipinski definition) is 5. The monoisotopic (exact) mass is 338 g/mol. The Balaban J connectivity index is 1.39. The summed E-state index contributed by atoms with van der Waals surface area (Å²) in [5, 5.41) is 0. The molecule has 0 amide bonds. The maximum Gasteiger partial charge on any atom is 0.240 e. The summed E-state index contributed by atoms with van der Waals surface area (Å²) in [4.78, 5) is 2.71. The number of fused-ring (bicyclic) bond motifs is 1. The summed E-state index contributed by atoms with van der Waals surface area (Å²) in [6, 6.07) is 5.74. The number of rotatable bonds is 5. The van der Waals surface area contributed by atoms with Crippen LogP contribution in [0.1, 0.15) is 18.4 Å². The van der Waals surface area contributed by atoms with Crippen molar-refractivity contribution in [2.45, 2.75) is 36.3 Å². The molecule has 7 heteroatoms. The lowest BCUT2D eigenvalue weighted by molar-refractivity contribution is -0.0277. The van der Waals surface area contributed by atoms with E-state index in [0.717, 1.165) is 30.8 Å². The van der Waals surface area contributed by atoms with Crippen molar-refractivity contribution in [3.63, 3.8) is 0 Å². The fourth-order valence-electron chi connectivity index (χ4n) is 3.25. The molecular weight excluding hydrogens is 316 g/mol. The fraction of sp³-hybridized carbons (Fsp3) is 0.625. The molecule has 1 saturated heterocycles. The van der Waals surface area contributed by atoms with Crippen LogP contribution in [0.2, 0.25) is 0 Å². The fourth-order valence-corrected chi connectivity index (χ4v) is 4.37. The molecule has 2 heterocycles. The molecule has 2 aliphatic heterocycles. The van der Waals surface area contributed by atoms with E-state index in [1.807, 2.05) is 0 Å². The van der Waals surface area contributed by atoms with Crippen LogP contribution in [-0.4, -0.2) is 58.3 Å². The number of nitrogens with zero attached hydrogens (tertiary/aromatic N) is 1. The first-order valence-corrected chi connectivity index (χ1v) is 9.71. The van der Waals surface area contributed by atoms with Crippen LogP contribution >= 0.6 is 0 Å². The first-order valence-electron chi connectivity index (χ1n) is 8.23. The minimum Gasteiger partial charge on any atom is -0.493 e. The van der Waals surface area contributed by atoms with E-state index in [9.17, 15) is 8.42 Å². The van der Waals surface area contributed by atoms with E-state index in [2.05, 4.69) is 9.62 Å². The summed E-state index contributed by atoms with van der Waals surface area (Å²) in [5.41, 5.74) is 0.960. The highest BCUT2D eigenvalue weighted by molar-refractivity contribution is 7.89. The molecular formula is C16H22N2O4S. The van der Waals surface area contributed by atoms with Gasteiger partial charge >= 0.3 is 0 Å². The maximum atomic E-state index is 12.5. The molecule has 0 bridgehead atoms. The molecule has 1 N–H and O–H groups in total. The molecule has 3 aliphatic rings. The molecule has 6 nitrogen and oxygen atoms in total. The van der Waals surface area contributed by atoms with Gasteiger partial charge in [0.25, 0.3) is 0 Å². The van der Waals surface area contributed by atoms with Gasteiger partial charge in [0.05, 0.1) is 24.2 Å². The van der Waals surface area contributed by atoms with Crippen molar-refractivity contribution in [2.24, 2.45) is 0 Å². The Kier molecular flexibility index (Phi) is 4.05. The minimum atomic E-state index is -3.51. The molecule has 0 unspecified atom stereocenters. The molecule has 0 aromatic heterocycles. The molecule has 126 valence electrons. The van der Waals surface area contributed by atoms with Gasteiger partial charge in [-0.1, -0.05) is 0 Å². The van der Waals surface area contributed by atoms with Gasteiger partial charge in [0.15, 0.2) is 0 Å². The van der Waals surface area contributed by atoms with Gasteiger partial charge in [-0.25, -0.2) is 13.1 Å². The zero-order valence-electron chi connectivity index (χ0n) is 13.0. The number of sulfonamides is 1. The maximum absolute atomic E-state index is 12.5. The third-order valence-corrected chi connectivity index (χ3v) is 6.13. The summed E-state index contributed by atoms with van der Waals surface area (Å²) in [7, 11) is -3.51. The van der Waals surface area contributed by atoms with E-state index < -0.39 is 10.0 Å². The first-order chi connectivity index (χ1) is 11.1. The smallest absolute Gasteiger partial charge is 0.240 e. The van der Waals surface area contributed by atoms with Gasteiger partial charge in [0.2, 0.25) is 10.0 Å². The Bertz CT molecular complexity index is 687. The van der Waals surface area contributed by atoms with Gasteiger partial charge in [-0.3, -0.25) is 4.90 Å². The highest BCUT2D eigenvalue weighted by Crippen LogP contribution is 2.29. The van der Waals surface area contributed by atoms with Gasteiger partial charge < -0.3 is 9.47 Å². The summed E-state index contributed by atoms with van der Waals surface area (Å²) in [6.45, 7) is 3.39. The predicted molar refractivity (Wildman–Crippen MR) is 85.2 cm³/mol. The van der Waals surface area contributed by atoms with E-state index in [0.29, 0.717) is 30.7 Å². The van der Waals surface area contributed by atoms with Crippen molar-refractivity contribution in [2.75, 3.05) is 32.8 Å². The lowest BCUT2D eigenvalue weighted by atomic mass is 10.2. The average Bonchev–Trinajstić information content (AvgIpc) is 3.31. The predicted octanol–water partition coefficient (Wildman–Crippen LogP) is 0.763. The molecule has 1 aromatic rings. The molecule has 1 aliphatic carbocycles. The van der Waals surface area contributed by atoms with Gasteiger partial charge in [0.1, 0.15) is 5.75 Å². The lowest BCUT2D eigenvalue weighted by Gasteiger charge is -2.33. The number of nitrogens with one attached hydrogen (secondary N) is 1. The topological polar surface area (TPSA) is 67.9 Å². The average molecular weight is 338 g/mol. The van der Waals surface area contributed by atoms with E-state index in [1.165, 1.54) is 12.8 Å². The molecule has 1 aromatic carbocycles. The van der Waals surface area contributed by atoms with Crippen molar-refractivity contribution in [3.8, 4) is 5.75 Å². The Morgan fingerprint density at radius 1 is 1.26 bits per heavy atom. The Morgan fingerprint density at radius 2 is 2.13 bits per heavy atom. The van der Waals surface area contributed by atoms with Crippen molar-refractivity contribution >= 4 is 10.0 Å². The number of hydrogen-bond donors (Lipinski definition) is 1. The van der Waals surface area contributed by atoms with Crippen molar-refractivity contribution in [1.29, 1.82) is 0 Å². The zero-order chi connectivity index (χ0) is 15.9. The van der Waals surface area contributed by atoms with Crippen LogP contribution in [0.5, 0.6) is 5.75 Å². The lowest BCUT2D eigenvalue weighted by Crippen LogP contribution is -2.48. The van der Waals surface area contributed by atoms with Gasteiger partial charge in [0, 0.05) is 32.1 Å². The molecule has 23 heavy (non-hydrogen) atoms. The zero-order valence-corrected chi connectivity index (χ0v) is 13.8. The van der Waals surface area contributed by atoms with Crippen LogP contribution < -0.4 is 9.46 Å². The van der Waals surface area contributed by atoms with E-state index >= 15 is 0 Å². The normalized spacial score (nSPS) is 25.1. The molecule has 1 saturated carbocycles. The van der Waals surface area contributed by atoms with Gasteiger partial charge in [-0.2, -0.15) is 0 Å². The van der Waals surface area contributed by atoms with Crippen LogP contribution in [0.25, 0.3) is 0 Å². The second-order valence-electron chi connectivity index (χ2n) is 6.44. The third kappa shape index (κ3) is 3.38. The van der Waals surface area contributed by atoms with Gasteiger partial charge in [-0.05, 0) is 36.6 Å². The van der Waals surface area contributed by atoms with Crippen molar-refractivity contribution in [1.82, 2.24) is 9.62 Å². The SMILES string of the molecule is O=S(=O)(NC[C@@H]1CN(C2CC2)CCO1)c1ccc2c(c1)CCO2. The molecule has 0 radical (unpaired) electrons. The summed E-state index contributed by atoms with van der Waals surface area (Å²) >= 11 is 0. The third-order valence-electron chi connectivity index (χ3n) is 4.71. The standard InChI is InChI=1S/C16H22N2O4S/c19-23(20,15-3-4-16-12(9-15)5-7-22-16)17-10-14-11-18(6-8-21-14)13-1-2-13/h3-4,9,13-14,17H,1-2,5-8,10-11H2/t14-/m1/s1. The van der Waals surface area contributed by atoms with Crippen molar-refractivity contribution in [3.05, 3.63) is 23.8 Å². The molecule has 2 fully saturated rings. The quantitative estimate of drug-likeness (QED) is 0.859. The summed E-state index contributed by atoms with van der Waals surface area (Å²) in [5.74, 6) is 0.791. The Labute approximate surface area is 136 Å². The van der Waals surface area contributed by atoms with Crippen LogP contribution in [0.3, 0.4) is 0 Å². The van der Waals surface area contributed by atoms with Crippen LogP contribution in [0.15, 0.2) is 23.1 Å². The summed E-state index contributed by atoms with van der Waals surface area (Å²) < 4.78 is 38.8. The van der Waals surface area contributed by atoms with Crippen LogP contribution in [-0.2, 0) is 21.2 Å². The Hall–Kier alpha value is -1.15. The largest absolute Gasteiger partial charge is 0.493 e. The molecule has 0 spiro atoms. The second kappa shape index (κ2) is 6.05. The number of benzene rings is 1. The van der Waals surface area contributed by atoms with Crippen LogP contribution in [0, 0.1) is 0 Å². The summed E-state index contributed by atoms with van der Waals surface area (Å²) in [6.07, 6.45) is 3.21. The van der Waals surface area contributed by atoms with Gasteiger partial charge in [-0.15, -0.1) is 0 Å². The van der Waals surface area contributed by atoms with Crippen molar-refractivity contribution < 1.29 is 17.9 Å². The second-order valence-corrected chi connectivity index (χ2v) is 8.21. The highest BCUT2D eigenvalue weighted by atomic mass is 32.2. The van der Waals surface area contributed by atoms with E-state index in [1.54, 1.807) is 18.2 Å². The minimum absolute atomic E-state index is 0.0723. The highest BCUT2D eigenvalue weighted by Gasteiger charge is 2.33. The number of ether oxygens (including phenoxy) is 2. The Morgan fingerprint density at radius 3 is 2.96 bits per heavy atom.